The summed E-state index contributed by atoms with van der Waals surface area (Å²) < 4.78 is 1.30. The molecule has 42 valence electrons. The maximum absolute atomic E-state index is 2.72. The molecule has 9 heavy (non-hydrogen) atoms. The van der Waals surface area contributed by atoms with Crippen molar-refractivity contribution in [3.63, 3.8) is 0 Å². The topological polar surface area (TPSA) is 0 Å². The zero-order valence-electron chi connectivity index (χ0n) is 5.81. The Hall–Kier alpha value is -0.248. The Morgan fingerprint density at radius 2 is 1.89 bits per heavy atom. The first-order valence-corrected chi connectivity index (χ1v) is 3.61. The van der Waals surface area contributed by atoms with Gasteiger partial charge in [-0.05, 0) is 0 Å². The molecule has 0 bridgehead atoms. The van der Waals surface area contributed by atoms with E-state index in [0.29, 0.717) is 0 Å². The fourth-order valence-electron chi connectivity index (χ4n) is 0.774. The molecule has 0 heterocycles. The van der Waals surface area contributed by atoms with Crippen LogP contribution in [0.4, 0.5) is 0 Å². The summed E-state index contributed by atoms with van der Waals surface area (Å²) in [7, 11) is 0. The fourth-order valence-corrected chi connectivity index (χ4v) is 1.11. The van der Waals surface area contributed by atoms with Gasteiger partial charge in [0.2, 0.25) is 0 Å². The number of aryl methyl sites for hydroxylation is 1. The standard InChI is InChI=1S/C8H9.Al/c1-7-5-3-4-6-8(7)2;/h3-5H,1-2H3;/q;+2. The van der Waals surface area contributed by atoms with Gasteiger partial charge in [-0.25, -0.2) is 0 Å². The van der Waals surface area contributed by atoms with Crippen molar-refractivity contribution >= 4 is 20.7 Å². The zero-order valence-corrected chi connectivity index (χ0v) is 6.96. The maximum atomic E-state index is 2.72. The molecule has 0 aliphatic rings. The molecule has 1 heteroatoms. The van der Waals surface area contributed by atoms with Gasteiger partial charge in [0.05, 0.1) is 0 Å². The zero-order chi connectivity index (χ0) is 6.85. The van der Waals surface area contributed by atoms with E-state index in [9.17, 15) is 0 Å². The minimum absolute atomic E-state index is 1.30. The Bertz CT molecular complexity index is 196. The second-order valence-corrected chi connectivity index (χ2v) is 2.91. The van der Waals surface area contributed by atoms with Gasteiger partial charge in [-0.3, -0.25) is 0 Å². The summed E-state index contributed by atoms with van der Waals surface area (Å²) in [5.74, 6) is 0. The first kappa shape index (κ1) is 6.87. The molecule has 1 aromatic rings. The third-order valence-electron chi connectivity index (χ3n) is 1.65. The quantitative estimate of drug-likeness (QED) is 0.464. The predicted octanol–water partition coefficient (Wildman–Crippen LogP) is 1.10. The van der Waals surface area contributed by atoms with Crippen LogP contribution in [0.25, 0.3) is 0 Å². The van der Waals surface area contributed by atoms with E-state index in [2.05, 4.69) is 48.3 Å². The summed E-state index contributed by atoms with van der Waals surface area (Å²) in [6.07, 6.45) is 0. The number of benzene rings is 1. The van der Waals surface area contributed by atoms with Crippen LogP contribution >= 0.6 is 0 Å². The van der Waals surface area contributed by atoms with E-state index in [-0.39, 0.29) is 0 Å². The van der Waals surface area contributed by atoms with Crippen LogP contribution in [0.3, 0.4) is 0 Å². The Labute approximate surface area is 64.3 Å². The first-order chi connectivity index (χ1) is 4.22. The van der Waals surface area contributed by atoms with Gasteiger partial charge in [-0.2, -0.15) is 0 Å². The van der Waals surface area contributed by atoms with Gasteiger partial charge in [0.15, 0.2) is 0 Å². The van der Waals surface area contributed by atoms with Crippen LogP contribution in [0.5, 0.6) is 0 Å². The number of rotatable bonds is 0. The Balaban J connectivity index is 3.25. The minimum atomic E-state index is 1.30. The molecule has 0 N–H and O–H groups in total. The average Bonchev–Trinajstić information content (AvgIpc) is 1.83. The van der Waals surface area contributed by atoms with E-state index in [1.807, 2.05) is 0 Å². The van der Waals surface area contributed by atoms with Crippen molar-refractivity contribution in [1.29, 1.82) is 0 Å². The summed E-state index contributed by atoms with van der Waals surface area (Å²) in [6, 6.07) is 6.31. The van der Waals surface area contributed by atoms with Gasteiger partial charge in [-0.1, -0.05) is 0 Å². The molecule has 1 aromatic carbocycles. The molecule has 0 aliphatic carbocycles. The van der Waals surface area contributed by atoms with Crippen molar-refractivity contribution in [3.8, 4) is 0 Å². The summed E-state index contributed by atoms with van der Waals surface area (Å²) >= 11 is 2.72. The van der Waals surface area contributed by atoms with Crippen LogP contribution in [0.1, 0.15) is 11.1 Å². The van der Waals surface area contributed by atoms with E-state index in [1.165, 1.54) is 15.6 Å². The molecular formula is C8H9Al+2. The van der Waals surface area contributed by atoms with Crippen molar-refractivity contribution in [3.05, 3.63) is 29.3 Å². The summed E-state index contributed by atoms with van der Waals surface area (Å²) in [5.41, 5.74) is 2.74. The van der Waals surface area contributed by atoms with Crippen LogP contribution in [0.2, 0.25) is 0 Å². The van der Waals surface area contributed by atoms with Crippen LogP contribution < -0.4 is 4.43 Å². The van der Waals surface area contributed by atoms with Crippen LogP contribution in [-0.4, -0.2) is 16.3 Å². The Kier molecular flexibility index (Phi) is 1.95. The third-order valence-corrected chi connectivity index (χ3v) is 2.27. The molecule has 0 unspecified atom stereocenters. The monoisotopic (exact) mass is 132 g/mol. The predicted molar refractivity (Wildman–Crippen MR) is 41.3 cm³/mol. The summed E-state index contributed by atoms with van der Waals surface area (Å²) in [4.78, 5) is 0. The molecule has 0 saturated heterocycles. The van der Waals surface area contributed by atoms with E-state index in [1.54, 1.807) is 0 Å². The van der Waals surface area contributed by atoms with Crippen molar-refractivity contribution in [2.75, 3.05) is 0 Å². The van der Waals surface area contributed by atoms with Gasteiger partial charge < -0.3 is 0 Å². The molecule has 1 rings (SSSR count). The van der Waals surface area contributed by atoms with E-state index in [0.717, 1.165) is 0 Å². The van der Waals surface area contributed by atoms with E-state index in [4.69, 9.17) is 0 Å². The fraction of sp³-hybridized carbons (Fsp3) is 0.250. The molecule has 0 aliphatic heterocycles. The summed E-state index contributed by atoms with van der Waals surface area (Å²) in [6.45, 7) is 4.26. The Morgan fingerprint density at radius 1 is 1.22 bits per heavy atom. The average molecular weight is 132 g/mol. The van der Waals surface area contributed by atoms with Crippen molar-refractivity contribution in [2.45, 2.75) is 13.8 Å². The molecule has 0 aromatic heterocycles. The Morgan fingerprint density at radius 3 is 2.33 bits per heavy atom. The third kappa shape index (κ3) is 1.36. The van der Waals surface area contributed by atoms with Crippen LogP contribution in [0.15, 0.2) is 18.2 Å². The van der Waals surface area contributed by atoms with Crippen molar-refractivity contribution in [2.24, 2.45) is 0 Å². The van der Waals surface area contributed by atoms with E-state index < -0.39 is 0 Å². The molecule has 0 nitrogen and oxygen atoms in total. The second kappa shape index (κ2) is 2.56. The van der Waals surface area contributed by atoms with Crippen molar-refractivity contribution in [1.82, 2.24) is 0 Å². The van der Waals surface area contributed by atoms with Gasteiger partial charge in [-0.15, -0.1) is 0 Å². The van der Waals surface area contributed by atoms with Crippen LogP contribution in [-0.2, 0) is 0 Å². The van der Waals surface area contributed by atoms with Crippen LogP contribution in [0, 0.1) is 13.8 Å². The number of hydrogen-bond donors (Lipinski definition) is 0. The first-order valence-electron chi connectivity index (χ1n) is 3.03. The molecule has 0 atom stereocenters. The molecule has 0 spiro atoms. The number of hydrogen-bond acceptors (Lipinski definition) is 0. The van der Waals surface area contributed by atoms with E-state index >= 15 is 0 Å². The van der Waals surface area contributed by atoms with Crippen molar-refractivity contribution < 1.29 is 0 Å². The summed E-state index contributed by atoms with van der Waals surface area (Å²) in [5, 5.41) is 0. The SMILES string of the molecule is Cc1ccc[c]([Al+2])c1C. The van der Waals surface area contributed by atoms with Gasteiger partial charge in [0.25, 0.3) is 0 Å². The molecule has 0 fully saturated rings. The van der Waals surface area contributed by atoms with Gasteiger partial charge in [0, 0.05) is 0 Å². The molecule has 0 radical (unpaired) electrons. The van der Waals surface area contributed by atoms with Gasteiger partial charge in [0.1, 0.15) is 0 Å². The van der Waals surface area contributed by atoms with Gasteiger partial charge >= 0.3 is 63.9 Å². The second-order valence-electron chi connectivity index (χ2n) is 2.29. The molecule has 0 amide bonds. The molecule has 0 saturated carbocycles. The molecular weight excluding hydrogens is 123 g/mol. The normalized spacial score (nSPS) is 9.78.